The van der Waals surface area contributed by atoms with Crippen LogP contribution in [0, 0.1) is 0 Å². The lowest BCUT2D eigenvalue weighted by Gasteiger charge is -2.13. The Balaban J connectivity index is -0.000000685. The van der Waals surface area contributed by atoms with Gasteiger partial charge in [-0.1, -0.05) is 50.1 Å². The molecule has 1 aromatic carbocycles. The zero-order valence-electron chi connectivity index (χ0n) is 33.6. The molecule has 1 aromatic rings. The first-order valence-corrected chi connectivity index (χ1v) is 18.1. The Morgan fingerprint density at radius 1 is 0.561 bits per heavy atom. The third kappa shape index (κ3) is 36.4. The highest BCUT2D eigenvalue weighted by Crippen LogP contribution is 2.03. The Bertz CT molecular complexity index is 1460. The van der Waals surface area contributed by atoms with Crippen LogP contribution in [0.2, 0.25) is 0 Å². The van der Waals surface area contributed by atoms with Gasteiger partial charge in [0.15, 0.2) is 0 Å². The summed E-state index contributed by atoms with van der Waals surface area (Å²) in [6, 6.07) is 6.48. The smallest absolute Gasteiger partial charge is 0.368 e. The molecule has 322 valence electrons. The van der Waals surface area contributed by atoms with E-state index in [4.69, 9.17) is 40.1 Å². The number of rotatable bonds is 21. The molecule has 0 saturated heterocycles. The van der Waals surface area contributed by atoms with Gasteiger partial charge in [-0.25, -0.2) is 4.79 Å². The molecule has 0 unspecified atom stereocenters. The highest BCUT2D eigenvalue weighted by atomic mass is 16.2. The van der Waals surface area contributed by atoms with E-state index in [9.17, 15) is 43.2 Å². The van der Waals surface area contributed by atoms with Crippen molar-refractivity contribution in [2.24, 2.45) is 40.1 Å². The predicted octanol–water partition coefficient (Wildman–Crippen LogP) is -6.11. The predicted molar refractivity (Wildman–Crippen MR) is 211 cm³/mol. The van der Waals surface area contributed by atoms with Crippen LogP contribution in [0.5, 0.6) is 0 Å². The average Bonchev–Trinajstić information content (AvgIpc) is 3.09. The van der Waals surface area contributed by atoms with Crippen LogP contribution in [-0.2, 0) is 44.8 Å². The van der Waals surface area contributed by atoms with Gasteiger partial charge in [0.25, 0.3) is 0 Å². The molecule has 0 radical (unpaired) electrons. The van der Waals surface area contributed by atoms with Crippen molar-refractivity contribution in [3.63, 3.8) is 0 Å². The topological polar surface area (TPSA) is 414 Å². The maximum Gasteiger partial charge on any atom is 0.410 e. The van der Waals surface area contributed by atoms with Crippen molar-refractivity contribution < 1.29 is 53.5 Å². The summed E-state index contributed by atoms with van der Waals surface area (Å²) in [7, 11) is 0. The number of amides is 10. The van der Waals surface area contributed by atoms with E-state index in [1.807, 2.05) is 37.3 Å². The Morgan fingerprint density at radius 2 is 0.930 bits per heavy atom. The van der Waals surface area contributed by atoms with E-state index in [0.717, 1.165) is 18.4 Å². The molecule has 0 fully saturated rings. The first kappa shape index (κ1) is 55.0. The van der Waals surface area contributed by atoms with Gasteiger partial charge in [0.05, 0.1) is 13.1 Å². The Morgan fingerprint density at radius 3 is 1.26 bits per heavy atom. The Hall–Kier alpha value is -6.32. The van der Waals surface area contributed by atoms with Crippen molar-refractivity contribution in [1.29, 1.82) is 0 Å². The van der Waals surface area contributed by atoms with Crippen molar-refractivity contribution in [2.45, 2.75) is 110 Å². The van der Waals surface area contributed by atoms with Crippen LogP contribution in [0.15, 0.2) is 30.3 Å². The molecule has 0 heterocycles. The van der Waals surface area contributed by atoms with Crippen molar-refractivity contribution in [2.75, 3.05) is 13.1 Å². The number of hydrogen-bond acceptors (Lipinski definition) is 9. The van der Waals surface area contributed by atoms with Crippen LogP contribution in [0.3, 0.4) is 0 Å². The van der Waals surface area contributed by atoms with E-state index in [-0.39, 0.29) is 29.6 Å². The maximum absolute atomic E-state index is 11.0. The second-order valence-electron chi connectivity index (χ2n) is 12.5. The van der Waals surface area contributed by atoms with Gasteiger partial charge in [-0.05, 0) is 37.7 Å². The number of carbonyl (C=O) groups is 9. The second-order valence-corrected chi connectivity index (χ2v) is 12.5. The molecule has 0 saturated carbocycles. The maximum atomic E-state index is 11.0. The lowest BCUT2D eigenvalue weighted by Crippen LogP contribution is -2.90. The summed E-state index contributed by atoms with van der Waals surface area (Å²) in [4.78, 5) is 99.5. The minimum Gasteiger partial charge on any atom is -0.368 e. The van der Waals surface area contributed by atoms with Crippen LogP contribution in [0.1, 0.15) is 85.1 Å². The lowest BCUT2D eigenvalue weighted by atomic mass is 10.1. The SMILES string of the molecule is CC(=O)N[C@@H](CCC[NH+]=C(N)N)C(N)=O.CC(=O)N[C@@H](CCC[NH2+]C(N)=O)C(N)=O.CC(=O)N[C@@H](Cc1ccccc1)C(N)=O.CCCC[C@H](NC(C)=O)C(N)=O. The number of guanidine groups is 1. The summed E-state index contributed by atoms with van der Waals surface area (Å²) in [5.74, 6) is -3.03. The minimum absolute atomic E-state index is 0.130. The van der Waals surface area contributed by atoms with Crippen LogP contribution < -0.4 is 71.7 Å². The number of carbonyl (C=O) groups excluding carboxylic acids is 9. The first-order valence-electron chi connectivity index (χ1n) is 18.1. The van der Waals surface area contributed by atoms with Crippen molar-refractivity contribution in [3.8, 4) is 0 Å². The van der Waals surface area contributed by atoms with Crippen LogP contribution in [0.25, 0.3) is 0 Å². The molecular weight excluding hydrogens is 746 g/mol. The number of primary amides is 6. The van der Waals surface area contributed by atoms with Gasteiger partial charge in [0.2, 0.25) is 47.3 Å². The molecule has 0 aliphatic rings. The molecule has 1 rings (SSSR count). The van der Waals surface area contributed by atoms with E-state index in [0.29, 0.717) is 51.6 Å². The van der Waals surface area contributed by atoms with Gasteiger partial charge in [0, 0.05) is 34.1 Å². The normalized spacial score (nSPS) is 11.8. The summed E-state index contributed by atoms with van der Waals surface area (Å²) in [6.07, 6.45) is 4.99. The van der Waals surface area contributed by atoms with Crippen molar-refractivity contribution >= 4 is 59.2 Å². The van der Waals surface area contributed by atoms with E-state index in [1.165, 1.54) is 33.0 Å². The van der Waals surface area contributed by atoms with E-state index < -0.39 is 53.8 Å². The molecule has 0 aromatic heterocycles. The van der Waals surface area contributed by atoms with Crippen molar-refractivity contribution in [1.82, 2.24) is 21.3 Å². The number of hydrogen-bond donors (Lipinski definition) is 13. The third-order valence-electron chi connectivity index (χ3n) is 7.05. The van der Waals surface area contributed by atoms with Gasteiger partial charge in [0.1, 0.15) is 24.2 Å². The van der Waals surface area contributed by atoms with Crippen LogP contribution in [0.4, 0.5) is 4.79 Å². The zero-order chi connectivity index (χ0) is 44.5. The van der Waals surface area contributed by atoms with E-state index in [2.05, 4.69) is 26.3 Å². The second kappa shape index (κ2) is 33.1. The molecule has 0 aliphatic carbocycles. The average molecular weight is 812 g/mol. The molecule has 21 N–H and O–H groups in total. The number of nitrogens with one attached hydrogen (secondary N) is 5. The fraction of sp³-hybridized carbons (Fsp3) is 0.543. The molecule has 22 nitrogen and oxygen atoms in total. The van der Waals surface area contributed by atoms with Gasteiger partial charge < -0.3 is 49.9 Å². The molecule has 0 aliphatic heterocycles. The van der Waals surface area contributed by atoms with Crippen LogP contribution >= 0.6 is 0 Å². The summed E-state index contributed by atoms with van der Waals surface area (Å²) in [5.41, 5.74) is 36.6. The first-order chi connectivity index (χ1) is 26.5. The van der Waals surface area contributed by atoms with E-state index in [1.54, 1.807) is 0 Å². The fourth-order valence-corrected chi connectivity index (χ4v) is 4.42. The summed E-state index contributed by atoms with van der Waals surface area (Å²) in [6.45, 7) is 8.41. The molecule has 0 spiro atoms. The number of unbranched alkanes of at least 4 members (excludes halogenated alkanes) is 1. The van der Waals surface area contributed by atoms with E-state index >= 15 is 0 Å². The van der Waals surface area contributed by atoms with Crippen molar-refractivity contribution in [3.05, 3.63) is 35.9 Å². The number of quaternary nitrogens is 1. The van der Waals surface area contributed by atoms with Gasteiger partial charge >= 0.3 is 12.0 Å². The lowest BCUT2D eigenvalue weighted by molar-refractivity contribution is -0.554. The van der Waals surface area contributed by atoms with Crippen LogP contribution in [-0.4, -0.2) is 96.5 Å². The molecule has 4 atom stereocenters. The molecular formula is C35H65N13O9+2. The quantitative estimate of drug-likeness (QED) is 0.0315. The monoisotopic (exact) mass is 812 g/mol. The summed E-state index contributed by atoms with van der Waals surface area (Å²) >= 11 is 0. The number of urea groups is 1. The minimum atomic E-state index is -0.677. The highest BCUT2D eigenvalue weighted by Gasteiger charge is 2.18. The summed E-state index contributed by atoms with van der Waals surface area (Å²) < 4.78 is 0. The largest absolute Gasteiger partial charge is 0.410 e. The van der Waals surface area contributed by atoms with Gasteiger partial charge in [-0.2, -0.15) is 0 Å². The fourth-order valence-electron chi connectivity index (χ4n) is 4.42. The molecule has 57 heavy (non-hydrogen) atoms. The van der Waals surface area contributed by atoms with Gasteiger partial charge in [-0.15, -0.1) is 0 Å². The number of nitrogens with two attached hydrogens (primary N) is 8. The Kier molecular flexibility index (Phi) is 31.9. The zero-order valence-corrected chi connectivity index (χ0v) is 33.6. The Labute approximate surface area is 333 Å². The highest BCUT2D eigenvalue weighted by molar-refractivity contribution is 5.87. The third-order valence-corrected chi connectivity index (χ3v) is 7.05. The number of benzene rings is 1. The molecule has 10 amide bonds. The van der Waals surface area contributed by atoms with Gasteiger partial charge in [-0.3, -0.25) is 60.1 Å². The molecule has 22 heteroatoms. The molecule has 0 bridgehead atoms. The summed E-state index contributed by atoms with van der Waals surface area (Å²) in [5, 5.41) is 11.2. The standard InChI is InChI=1S/C11H14N2O2.C8H17N5O2.C8H16N4O3.C8H16N2O2/c1-8(14)13-10(11(12)15)7-9-5-3-2-4-6-9;1-5(14)13-6(7(9)15)3-2-4-12-8(10)11;1-5(13)12-6(7(9)14)3-2-4-11-8(10)15;1-3-4-5-7(8(9)12)10-6(2)11/h2-6,10H,7H2,1H3,(H2,12,15)(H,13,14);6H,2-4H2,1H3,(H2,9,15)(H,13,14)(H4,10,11,12);6H,2-4H2,1H3,(H2,9,14)(H,12,13)(H3,10,11,15);7H,3-5H2,1-2H3,(H2,9,12)(H,10,11)/p+2/t10-;2*6-;7-/m0000/s1.